The number of nitrogens with zero attached hydrogens (tertiary/aromatic N) is 12. The molecule has 8 heterocycles. The fraction of sp³-hybridized carbons (Fsp3) is 0.180. The Labute approximate surface area is 479 Å². The molecule has 0 unspecified atom stereocenters. The summed E-state index contributed by atoms with van der Waals surface area (Å²) in [5, 5.41) is 10.2. The maximum atomic E-state index is 15.0. The zero-order valence-corrected chi connectivity index (χ0v) is 45.4. The number of hydrogen-bond donors (Lipinski definition) is 2. The van der Waals surface area contributed by atoms with Crippen LogP contribution in [0.3, 0.4) is 0 Å². The van der Waals surface area contributed by atoms with Gasteiger partial charge in [0.15, 0.2) is 34.4 Å². The van der Waals surface area contributed by atoms with Crippen molar-refractivity contribution in [3.8, 4) is 56.3 Å². The molecule has 12 aromatic rings. The highest BCUT2D eigenvalue weighted by atomic mass is 19.1. The van der Waals surface area contributed by atoms with Gasteiger partial charge in [-0.05, 0) is 138 Å². The highest BCUT2D eigenvalue weighted by Gasteiger charge is 2.29. The van der Waals surface area contributed by atoms with Crippen molar-refractivity contribution in [3.63, 3.8) is 0 Å². The summed E-state index contributed by atoms with van der Waals surface area (Å²) in [5.41, 5.74) is 14.8. The van der Waals surface area contributed by atoms with Crippen LogP contribution in [-0.2, 0) is 0 Å². The molecule has 432 valence electrons. The molecule has 0 aliphatic rings. The van der Waals surface area contributed by atoms with E-state index in [4.69, 9.17) is 31.1 Å². The Morgan fingerprint density at radius 3 is 1.24 bits per heavy atom. The minimum atomic E-state index is -0.773. The van der Waals surface area contributed by atoms with Gasteiger partial charge in [0, 0.05) is 23.5 Å². The van der Waals surface area contributed by atoms with Crippen molar-refractivity contribution in [2.75, 3.05) is 11.5 Å². The Hall–Kier alpha value is -10.5. The van der Waals surface area contributed by atoms with E-state index >= 15 is 0 Å². The standard InChI is InChI=1S/2C30H24F3N7O2.CH4/c2*1-15(2)42-22-9-7-18(12-21(22)33)27-25-28(34)35-14-36-29(25)40(38-27)16(3)26-24(17-5-4-6-19(31)11-17)30(41)39-13-20(32)8-10-23(39)37-26;/h2*4-16H,1-3H3,(H2,34,35,36);1H4/t2*16-;/m10./s1. The Morgan fingerprint density at radius 1 is 0.471 bits per heavy atom. The smallest absolute Gasteiger partial charge is 0.266 e. The van der Waals surface area contributed by atoms with Gasteiger partial charge in [0.25, 0.3) is 11.1 Å². The summed E-state index contributed by atoms with van der Waals surface area (Å²) in [6.45, 7) is 10.7. The molecule has 0 radical (unpaired) electrons. The number of nitrogen functional groups attached to an aromatic ring is 2. The molecule has 18 nitrogen and oxygen atoms in total. The average Bonchev–Trinajstić information content (AvgIpc) is 2.98. The summed E-state index contributed by atoms with van der Waals surface area (Å²) < 4.78 is 103. The molecule has 24 heteroatoms. The van der Waals surface area contributed by atoms with Crippen LogP contribution < -0.4 is 32.1 Å². The number of pyridine rings is 2. The lowest BCUT2D eigenvalue weighted by Gasteiger charge is -2.18. The van der Waals surface area contributed by atoms with Crippen molar-refractivity contribution >= 4 is 45.0 Å². The minimum absolute atomic E-state index is 0. The first-order valence-electron chi connectivity index (χ1n) is 26.1. The first kappa shape index (κ1) is 57.7. The van der Waals surface area contributed by atoms with Gasteiger partial charge in [-0.3, -0.25) is 18.4 Å². The van der Waals surface area contributed by atoms with E-state index in [1.165, 1.54) is 107 Å². The number of benzene rings is 4. The lowest BCUT2D eigenvalue weighted by Crippen LogP contribution is -2.23. The lowest BCUT2D eigenvalue weighted by molar-refractivity contribution is 0.231. The highest BCUT2D eigenvalue weighted by molar-refractivity contribution is 5.99. The number of hydrogen-bond acceptors (Lipinski definition) is 14. The summed E-state index contributed by atoms with van der Waals surface area (Å²) in [4.78, 5) is 53.9. The normalized spacial score (nSPS) is 12.2. The van der Waals surface area contributed by atoms with E-state index in [1.807, 2.05) is 0 Å². The van der Waals surface area contributed by atoms with Crippen LogP contribution >= 0.6 is 0 Å². The van der Waals surface area contributed by atoms with Gasteiger partial charge in [-0.2, -0.15) is 10.2 Å². The van der Waals surface area contributed by atoms with Crippen molar-refractivity contribution in [3.05, 3.63) is 201 Å². The van der Waals surface area contributed by atoms with Gasteiger partial charge >= 0.3 is 0 Å². The molecule has 4 N–H and O–H groups in total. The average molecular weight is 1160 g/mol. The molecule has 0 fully saturated rings. The minimum Gasteiger partial charge on any atom is -0.488 e. The van der Waals surface area contributed by atoms with Crippen LogP contribution in [0.15, 0.2) is 144 Å². The number of rotatable bonds is 12. The Kier molecular flexibility index (Phi) is 15.6. The predicted molar refractivity (Wildman–Crippen MR) is 310 cm³/mol. The molecular weight excluding hydrogens is 1110 g/mol. The number of halogens is 6. The number of fused-ring (bicyclic) bond motifs is 4. The van der Waals surface area contributed by atoms with Gasteiger partial charge in [-0.1, -0.05) is 31.7 Å². The maximum Gasteiger partial charge on any atom is 0.266 e. The fourth-order valence-corrected chi connectivity index (χ4v) is 9.86. The number of aromatic nitrogens is 12. The number of ether oxygens (including phenoxy) is 2. The van der Waals surface area contributed by atoms with Crippen LogP contribution in [0.1, 0.15) is 72.4 Å². The van der Waals surface area contributed by atoms with Crippen molar-refractivity contribution in [1.82, 2.24) is 58.3 Å². The number of nitrogens with two attached hydrogens (primary N) is 2. The zero-order chi connectivity index (χ0) is 59.4. The molecule has 2 atom stereocenters. The quantitative estimate of drug-likeness (QED) is 0.109. The van der Waals surface area contributed by atoms with Gasteiger partial charge in [0.1, 0.15) is 70.2 Å². The summed E-state index contributed by atoms with van der Waals surface area (Å²) in [5.74, 6) is -3.15. The van der Waals surface area contributed by atoms with Crippen LogP contribution in [0, 0.1) is 34.9 Å². The van der Waals surface area contributed by atoms with Crippen molar-refractivity contribution < 1.29 is 35.8 Å². The second-order valence-electron chi connectivity index (χ2n) is 20.0. The molecule has 0 amide bonds. The first-order valence-corrected chi connectivity index (χ1v) is 26.1. The topological polar surface area (TPSA) is 226 Å². The third kappa shape index (κ3) is 10.9. The zero-order valence-electron chi connectivity index (χ0n) is 45.4. The molecule has 12 rings (SSSR count). The monoisotopic (exact) mass is 1160 g/mol. The van der Waals surface area contributed by atoms with E-state index in [9.17, 15) is 35.9 Å². The maximum absolute atomic E-state index is 15.0. The molecule has 8 aromatic heterocycles. The molecule has 0 saturated heterocycles. The summed E-state index contributed by atoms with van der Waals surface area (Å²) in [6, 6.07) is 23.5. The van der Waals surface area contributed by atoms with Gasteiger partial charge in [-0.15, -0.1) is 0 Å². The van der Waals surface area contributed by atoms with Crippen LogP contribution in [-0.4, -0.2) is 70.5 Å². The SMILES string of the molecule is C.CC(C)Oc1ccc(-c2nn([C@@H](C)c3nc4ccc(F)cn4c(=O)c3-c3cccc(F)c3)c3ncnc(N)c23)cc1F.CC(C)Oc1ccc(-c2nn([C@H](C)c3nc4ccc(F)cn4c(=O)c3-c3cccc(F)c3)c3ncnc(N)c23)cc1F. The highest BCUT2D eigenvalue weighted by Crippen LogP contribution is 2.39. The van der Waals surface area contributed by atoms with Crippen LogP contribution in [0.2, 0.25) is 0 Å². The Morgan fingerprint density at radius 2 is 0.871 bits per heavy atom. The Balaban J connectivity index is 0.000000187. The third-order valence-corrected chi connectivity index (χ3v) is 13.6. The van der Waals surface area contributed by atoms with E-state index in [0.717, 1.165) is 21.2 Å². The van der Waals surface area contributed by atoms with Crippen molar-refractivity contribution in [1.29, 1.82) is 0 Å². The van der Waals surface area contributed by atoms with E-state index in [2.05, 4.69) is 29.9 Å². The molecule has 0 spiro atoms. The Bertz CT molecular complexity index is 4410. The largest absolute Gasteiger partial charge is 0.488 e. The molecule has 0 aliphatic carbocycles. The van der Waals surface area contributed by atoms with E-state index in [-0.39, 0.29) is 87.7 Å². The summed E-state index contributed by atoms with van der Waals surface area (Å²) >= 11 is 0. The van der Waals surface area contributed by atoms with Gasteiger partial charge < -0.3 is 20.9 Å². The molecule has 0 bridgehead atoms. The van der Waals surface area contributed by atoms with E-state index in [0.29, 0.717) is 44.6 Å². The molecule has 4 aromatic carbocycles. The third-order valence-electron chi connectivity index (χ3n) is 13.6. The lowest BCUT2D eigenvalue weighted by atomic mass is 10.0. The fourth-order valence-electron chi connectivity index (χ4n) is 9.86. The van der Waals surface area contributed by atoms with E-state index in [1.54, 1.807) is 65.8 Å². The van der Waals surface area contributed by atoms with E-state index < -0.39 is 58.1 Å². The molecule has 0 saturated carbocycles. The first-order chi connectivity index (χ1) is 40.2. The van der Waals surface area contributed by atoms with Crippen molar-refractivity contribution in [2.24, 2.45) is 0 Å². The van der Waals surface area contributed by atoms with Crippen LogP contribution in [0.4, 0.5) is 38.0 Å². The van der Waals surface area contributed by atoms with Crippen LogP contribution in [0.25, 0.3) is 78.1 Å². The molecular formula is C61H52F6N14O4. The van der Waals surface area contributed by atoms with Crippen LogP contribution in [0.5, 0.6) is 11.5 Å². The van der Waals surface area contributed by atoms with Gasteiger partial charge in [0.2, 0.25) is 0 Å². The van der Waals surface area contributed by atoms with Gasteiger partial charge in [-0.25, -0.2) is 65.6 Å². The molecule has 0 aliphatic heterocycles. The summed E-state index contributed by atoms with van der Waals surface area (Å²) in [6.07, 6.45) is 4.14. The predicted octanol–water partition coefficient (Wildman–Crippen LogP) is 11.8. The van der Waals surface area contributed by atoms with Gasteiger partial charge in [0.05, 0.1) is 57.6 Å². The molecule has 85 heavy (non-hydrogen) atoms. The number of anilines is 2. The van der Waals surface area contributed by atoms with Crippen molar-refractivity contribution in [2.45, 2.75) is 73.3 Å². The second kappa shape index (κ2) is 23.0. The second-order valence-corrected chi connectivity index (χ2v) is 20.0. The summed E-state index contributed by atoms with van der Waals surface area (Å²) in [7, 11) is 0.